The van der Waals surface area contributed by atoms with Crippen LogP contribution in [0.3, 0.4) is 0 Å². The number of hydrogen-bond donors (Lipinski definition) is 0. The molecule has 0 amide bonds. The Kier molecular flexibility index (Phi) is 8.22. The maximum atomic E-state index is 3.29. The molecule has 7 aromatic carbocycles. The molecule has 0 N–H and O–H groups in total. The minimum Gasteiger partial charge on any atom is -0.117 e. The third-order valence-electron chi connectivity index (χ3n) is 8.56. The third kappa shape index (κ3) is 5.42. The SMILES string of the molecule is PC(c1ccccc1)(c1ccccc1)c1ccc2ccccc2c1-c1ccccc1CP(c1ccccc1)c1ccccc1. The second-order valence-corrected chi connectivity index (χ2v) is 14.2. The Morgan fingerprint density at radius 1 is 0.455 bits per heavy atom. The van der Waals surface area contributed by atoms with Crippen molar-refractivity contribution in [1.29, 1.82) is 0 Å². The molecular formula is C42H34P2. The molecule has 0 heterocycles. The minimum atomic E-state index is -0.608. The van der Waals surface area contributed by atoms with Gasteiger partial charge in [0.15, 0.2) is 0 Å². The molecule has 0 aliphatic carbocycles. The molecule has 0 aliphatic heterocycles. The molecule has 0 saturated heterocycles. The Balaban J connectivity index is 1.49. The number of hydrogen-bond acceptors (Lipinski definition) is 0. The van der Waals surface area contributed by atoms with Crippen LogP contribution in [0.5, 0.6) is 0 Å². The van der Waals surface area contributed by atoms with Crippen molar-refractivity contribution < 1.29 is 0 Å². The molecule has 0 spiro atoms. The molecule has 0 bridgehead atoms. The van der Waals surface area contributed by atoms with Crippen LogP contribution in [0.4, 0.5) is 0 Å². The van der Waals surface area contributed by atoms with E-state index in [0.717, 1.165) is 6.16 Å². The van der Waals surface area contributed by atoms with Crippen LogP contribution in [0, 0.1) is 0 Å². The zero-order valence-corrected chi connectivity index (χ0v) is 26.6. The van der Waals surface area contributed by atoms with Crippen LogP contribution in [0.25, 0.3) is 21.9 Å². The number of rotatable bonds is 8. The van der Waals surface area contributed by atoms with Crippen molar-refractivity contribution in [2.75, 3.05) is 0 Å². The highest BCUT2D eigenvalue weighted by Gasteiger charge is 2.35. The van der Waals surface area contributed by atoms with Gasteiger partial charge in [0.2, 0.25) is 0 Å². The normalized spacial score (nSPS) is 11.6. The van der Waals surface area contributed by atoms with Gasteiger partial charge in [0, 0.05) is 6.16 Å². The highest BCUT2D eigenvalue weighted by Crippen LogP contribution is 2.51. The average Bonchev–Trinajstić information content (AvgIpc) is 3.11. The van der Waals surface area contributed by atoms with Gasteiger partial charge in [-0.1, -0.05) is 182 Å². The lowest BCUT2D eigenvalue weighted by Gasteiger charge is -2.34. The Hall–Kier alpha value is -4.34. The van der Waals surface area contributed by atoms with Crippen molar-refractivity contribution in [3.8, 4) is 11.1 Å². The fourth-order valence-corrected chi connectivity index (χ4v) is 9.36. The highest BCUT2D eigenvalue weighted by molar-refractivity contribution is 7.72. The number of benzene rings is 7. The summed E-state index contributed by atoms with van der Waals surface area (Å²) in [5.74, 6) is 0. The summed E-state index contributed by atoms with van der Waals surface area (Å²) in [7, 11) is 2.68. The summed E-state index contributed by atoms with van der Waals surface area (Å²) in [4.78, 5) is 0. The Bertz CT molecular complexity index is 1910. The maximum Gasteiger partial charge on any atom is 0.0597 e. The van der Waals surface area contributed by atoms with E-state index < -0.39 is 13.1 Å². The minimum absolute atomic E-state index is 0.446. The van der Waals surface area contributed by atoms with Crippen LogP contribution in [0.2, 0.25) is 0 Å². The molecule has 0 nitrogen and oxygen atoms in total. The lowest BCUT2D eigenvalue weighted by molar-refractivity contribution is 0.901. The molecule has 44 heavy (non-hydrogen) atoms. The quantitative estimate of drug-likeness (QED) is 0.120. The third-order valence-corrected chi connectivity index (χ3v) is 12.0. The first-order valence-corrected chi connectivity index (χ1v) is 17.2. The van der Waals surface area contributed by atoms with Crippen LogP contribution < -0.4 is 10.6 Å². The van der Waals surface area contributed by atoms with Gasteiger partial charge in [0.05, 0.1) is 5.16 Å². The van der Waals surface area contributed by atoms with Gasteiger partial charge in [-0.2, -0.15) is 0 Å². The standard InChI is InChI=1S/C42H34P2/c43-42(34-19-5-1-6-20-34,35-21-7-2-8-22-35)40-30-29-32-17-13-15-27-38(32)41(40)39-28-16-14-18-33(39)31-44(36-23-9-3-10-24-36)37-25-11-4-12-26-37/h1-30H,31,43H2. The van der Waals surface area contributed by atoms with Crippen molar-refractivity contribution in [2.24, 2.45) is 0 Å². The zero-order chi connectivity index (χ0) is 29.8. The lowest BCUT2D eigenvalue weighted by atomic mass is 9.78. The highest BCUT2D eigenvalue weighted by atomic mass is 31.1. The van der Waals surface area contributed by atoms with Crippen LogP contribution in [0.15, 0.2) is 182 Å². The van der Waals surface area contributed by atoms with Gasteiger partial charge < -0.3 is 0 Å². The van der Waals surface area contributed by atoms with E-state index >= 15 is 0 Å². The zero-order valence-electron chi connectivity index (χ0n) is 24.6. The molecule has 2 heteroatoms. The average molecular weight is 601 g/mol. The van der Waals surface area contributed by atoms with Crippen LogP contribution in [0.1, 0.15) is 22.3 Å². The Morgan fingerprint density at radius 2 is 0.932 bits per heavy atom. The maximum absolute atomic E-state index is 3.29. The van der Waals surface area contributed by atoms with E-state index in [1.165, 1.54) is 54.8 Å². The Morgan fingerprint density at radius 3 is 1.52 bits per heavy atom. The Labute approximate surface area is 264 Å². The molecule has 1 unspecified atom stereocenters. The summed E-state index contributed by atoms with van der Waals surface area (Å²) < 4.78 is 0. The van der Waals surface area contributed by atoms with Gasteiger partial charge in [-0.05, 0) is 62.7 Å². The predicted octanol–water partition coefficient (Wildman–Crippen LogP) is 10.3. The first-order valence-electron chi connectivity index (χ1n) is 15.1. The molecule has 7 rings (SSSR count). The summed E-state index contributed by atoms with van der Waals surface area (Å²) in [6.07, 6.45) is 0.961. The monoisotopic (exact) mass is 600 g/mol. The molecule has 7 aromatic rings. The second-order valence-electron chi connectivity index (χ2n) is 11.2. The van der Waals surface area contributed by atoms with Crippen molar-refractivity contribution in [3.63, 3.8) is 0 Å². The van der Waals surface area contributed by atoms with Gasteiger partial charge in [-0.3, -0.25) is 0 Å². The van der Waals surface area contributed by atoms with E-state index in [9.17, 15) is 0 Å². The fraction of sp³-hybridized carbons (Fsp3) is 0.0476. The molecule has 0 aromatic heterocycles. The van der Waals surface area contributed by atoms with Crippen molar-refractivity contribution >= 4 is 38.5 Å². The molecule has 0 radical (unpaired) electrons. The van der Waals surface area contributed by atoms with E-state index in [4.69, 9.17) is 0 Å². The van der Waals surface area contributed by atoms with E-state index in [2.05, 4.69) is 191 Å². The van der Waals surface area contributed by atoms with E-state index in [1.807, 2.05) is 0 Å². The lowest BCUT2D eigenvalue weighted by Crippen LogP contribution is -2.23. The smallest absolute Gasteiger partial charge is 0.0597 e. The largest absolute Gasteiger partial charge is 0.117 e. The fourth-order valence-electron chi connectivity index (χ4n) is 6.39. The summed E-state index contributed by atoms with van der Waals surface area (Å²) >= 11 is 0. The van der Waals surface area contributed by atoms with Gasteiger partial charge in [-0.15, -0.1) is 9.24 Å². The van der Waals surface area contributed by atoms with Crippen LogP contribution in [-0.4, -0.2) is 0 Å². The summed E-state index contributed by atoms with van der Waals surface area (Å²) in [5, 5.41) is 4.88. The molecule has 0 aliphatic rings. The van der Waals surface area contributed by atoms with Crippen LogP contribution >= 0.6 is 17.2 Å². The van der Waals surface area contributed by atoms with E-state index in [-0.39, 0.29) is 0 Å². The second kappa shape index (κ2) is 12.7. The summed E-state index contributed by atoms with van der Waals surface area (Å²) in [6, 6.07) is 66.5. The van der Waals surface area contributed by atoms with Crippen molar-refractivity contribution in [1.82, 2.24) is 0 Å². The number of fused-ring (bicyclic) bond motifs is 1. The topological polar surface area (TPSA) is 0 Å². The van der Waals surface area contributed by atoms with Crippen molar-refractivity contribution in [3.05, 3.63) is 204 Å². The van der Waals surface area contributed by atoms with Gasteiger partial charge in [0.25, 0.3) is 0 Å². The van der Waals surface area contributed by atoms with Gasteiger partial charge in [0.1, 0.15) is 0 Å². The molecule has 1 atom stereocenters. The van der Waals surface area contributed by atoms with Gasteiger partial charge >= 0.3 is 0 Å². The van der Waals surface area contributed by atoms with E-state index in [1.54, 1.807) is 0 Å². The molecular weight excluding hydrogens is 566 g/mol. The summed E-state index contributed by atoms with van der Waals surface area (Å²) in [5.41, 5.74) is 7.77. The predicted molar refractivity (Wildman–Crippen MR) is 195 cm³/mol. The van der Waals surface area contributed by atoms with Crippen molar-refractivity contribution in [2.45, 2.75) is 11.3 Å². The van der Waals surface area contributed by atoms with Gasteiger partial charge in [-0.25, -0.2) is 0 Å². The molecule has 0 fully saturated rings. The van der Waals surface area contributed by atoms with E-state index in [0.29, 0.717) is 0 Å². The van der Waals surface area contributed by atoms with Crippen LogP contribution in [-0.2, 0) is 11.3 Å². The molecule has 212 valence electrons. The first-order chi connectivity index (χ1) is 21.7. The molecule has 0 saturated carbocycles. The first kappa shape index (κ1) is 28.4. The summed E-state index contributed by atoms with van der Waals surface area (Å²) in [6.45, 7) is 0.